The number of phenols is 1. The molecule has 1 aromatic rings. The fourth-order valence-electron chi connectivity index (χ4n) is 1.74. The summed E-state index contributed by atoms with van der Waals surface area (Å²) < 4.78 is 0. The second-order valence-electron chi connectivity index (χ2n) is 5.10. The highest BCUT2D eigenvalue weighted by Crippen LogP contribution is 2.10. The molecule has 6 heteroatoms. The van der Waals surface area contributed by atoms with Crippen molar-refractivity contribution < 1.29 is 19.8 Å². The number of rotatable bonds is 9. The van der Waals surface area contributed by atoms with Crippen LogP contribution in [0.25, 0.3) is 6.08 Å². The Morgan fingerprint density at radius 1 is 1.26 bits per heavy atom. The van der Waals surface area contributed by atoms with Crippen molar-refractivity contribution >= 4 is 12.0 Å². The van der Waals surface area contributed by atoms with E-state index in [1.807, 2.05) is 6.92 Å². The van der Waals surface area contributed by atoms with Gasteiger partial charge in [0.15, 0.2) is 5.34 Å². The van der Waals surface area contributed by atoms with E-state index in [-0.39, 0.29) is 11.9 Å². The lowest BCUT2D eigenvalue weighted by Gasteiger charge is -2.05. The van der Waals surface area contributed by atoms with E-state index in [0.717, 1.165) is 24.5 Å². The quantitative estimate of drug-likeness (QED) is 0.301. The predicted molar refractivity (Wildman–Crippen MR) is 89.9 cm³/mol. The first kappa shape index (κ1) is 20.6. The van der Waals surface area contributed by atoms with Gasteiger partial charge in [0, 0.05) is 6.08 Å². The number of carboxylic acids is 1. The number of benzene rings is 1. The minimum Gasteiger partial charge on any atom is -0.508 e. The van der Waals surface area contributed by atoms with E-state index in [2.05, 4.69) is 17.1 Å². The average molecular weight is 323 g/mol. The summed E-state index contributed by atoms with van der Waals surface area (Å²) in [5.41, 5.74) is 0.746. The second-order valence-corrected chi connectivity index (χ2v) is 5.10. The van der Waals surface area contributed by atoms with Crippen molar-refractivity contribution in [3.8, 4) is 5.75 Å². The molecule has 1 aromatic carbocycles. The topological polar surface area (TPSA) is 96.2 Å². The molecular weight excluding hydrogens is 298 g/mol. The highest BCUT2D eigenvalue weighted by atomic mass is 16.7. The highest BCUT2D eigenvalue weighted by molar-refractivity contribution is 5.85. The molecule has 1 unspecified atom stereocenters. The fourth-order valence-corrected chi connectivity index (χ4v) is 1.74. The van der Waals surface area contributed by atoms with Gasteiger partial charge in [-0.25, -0.2) is 4.79 Å². The van der Waals surface area contributed by atoms with Gasteiger partial charge >= 0.3 is 5.97 Å². The summed E-state index contributed by atoms with van der Waals surface area (Å²) in [5.74, 6) is -0.814. The molecular formula is C17H25NO5. The fraction of sp³-hybridized carbons (Fsp3) is 0.471. The molecule has 0 aliphatic carbocycles. The standard InChI is InChI=1S/C9H8O3.C8H17NO2/c10-8-4-1-7(2-5-8)3-6-9(11)12;1-3-4-5-6-7-8(2)11-9-10/h1-6,10H,(H,11,12);8H,3-7H2,1-2H3. The van der Waals surface area contributed by atoms with Crippen LogP contribution >= 0.6 is 0 Å². The number of aromatic hydroxyl groups is 1. The zero-order valence-corrected chi connectivity index (χ0v) is 13.6. The monoisotopic (exact) mass is 323 g/mol. The molecule has 0 saturated heterocycles. The Kier molecular flexibility index (Phi) is 11.9. The second kappa shape index (κ2) is 13.3. The maximum atomic E-state index is 10.1. The zero-order chi connectivity index (χ0) is 17.5. The number of carboxylic acid groups (broad SMARTS) is 1. The van der Waals surface area contributed by atoms with E-state index in [9.17, 15) is 9.70 Å². The number of phenolic OH excluding ortho intramolecular Hbond substituents is 1. The summed E-state index contributed by atoms with van der Waals surface area (Å²) in [6.45, 7) is 4.04. The lowest BCUT2D eigenvalue weighted by atomic mass is 10.1. The van der Waals surface area contributed by atoms with Gasteiger partial charge in [-0.15, -0.1) is 4.91 Å². The minimum absolute atomic E-state index is 0.00986. The maximum Gasteiger partial charge on any atom is 0.328 e. The van der Waals surface area contributed by atoms with Crippen LogP contribution in [0, 0.1) is 4.91 Å². The number of hydrogen-bond acceptors (Lipinski definition) is 5. The van der Waals surface area contributed by atoms with Gasteiger partial charge in [0.2, 0.25) is 0 Å². The summed E-state index contributed by atoms with van der Waals surface area (Å²) in [6, 6.07) is 6.27. The van der Waals surface area contributed by atoms with Crippen molar-refractivity contribution in [2.75, 3.05) is 0 Å². The Morgan fingerprint density at radius 2 is 1.91 bits per heavy atom. The molecule has 128 valence electrons. The van der Waals surface area contributed by atoms with Gasteiger partial charge in [-0.1, -0.05) is 38.3 Å². The molecule has 0 aromatic heterocycles. The van der Waals surface area contributed by atoms with Gasteiger partial charge in [-0.2, -0.15) is 0 Å². The third kappa shape index (κ3) is 13.0. The van der Waals surface area contributed by atoms with Gasteiger partial charge in [0.1, 0.15) is 11.9 Å². The first-order chi connectivity index (χ1) is 11.0. The molecule has 0 radical (unpaired) electrons. The predicted octanol–water partition coefficient (Wildman–Crippen LogP) is 4.53. The van der Waals surface area contributed by atoms with Crippen molar-refractivity contribution in [1.29, 1.82) is 0 Å². The number of unbranched alkanes of at least 4 members (excludes halogenated alkanes) is 3. The van der Waals surface area contributed by atoms with Crippen molar-refractivity contribution in [3.05, 3.63) is 40.8 Å². The van der Waals surface area contributed by atoms with Crippen molar-refractivity contribution in [2.24, 2.45) is 5.34 Å². The van der Waals surface area contributed by atoms with Crippen LogP contribution < -0.4 is 0 Å². The Balaban J connectivity index is 0.000000423. The Bertz CT molecular complexity index is 470. The molecule has 0 spiro atoms. The van der Waals surface area contributed by atoms with E-state index < -0.39 is 5.97 Å². The van der Waals surface area contributed by atoms with Crippen LogP contribution in [0.3, 0.4) is 0 Å². The molecule has 0 amide bonds. The molecule has 2 N–H and O–H groups in total. The van der Waals surface area contributed by atoms with Crippen LogP contribution in [0.15, 0.2) is 35.7 Å². The number of aliphatic carboxylic acids is 1. The summed E-state index contributed by atoms with van der Waals surface area (Å²) in [6.07, 6.45) is 8.29. The molecule has 0 saturated carbocycles. The Labute approximate surface area is 136 Å². The minimum atomic E-state index is -0.983. The molecule has 1 atom stereocenters. The van der Waals surface area contributed by atoms with Gasteiger partial charge in [0.25, 0.3) is 0 Å². The molecule has 23 heavy (non-hydrogen) atoms. The van der Waals surface area contributed by atoms with Crippen molar-refractivity contribution in [1.82, 2.24) is 0 Å². The van der Waals surface area contributed by atoms with Crippen LogP contribution in [0.5, 0.6) is 5.75 Å². The van der Waals surface area contributed by atoms with E-state index in [0.29, 0.717) is 0 Å². The van der Waals surface area contributed by atoms with Crippen LogP contribution in [-0.4, -0.2) is 22.3 Å². The first-order valence-corrected chi connectivity index (χ1v) is 7.68. The maximum absolute atomic E-state index is 10.1. The number of carbonyl (C=O) groups is 1. The number of nitrogens with zero attached hydrogens (tertiary/aromatic N) is 1. The lowest BCUT2D eigenvalue weighted by Crippen LogP contribution is -2.02. The summed E-state index contributed by atoms with van der Waals surface area (Å²) >= 11 is 0. The van der Waals surface area contributed by atoms with Gasteiger partial charge in [0.05, 0.1) is 0 Å². The van der Waals surface area contributed by atoms with E-state index in [1.165, 1.54) is 37.5 Å². The SMILES string of the molecule is CCCCCCC(C)ON=O.O=C(O)C=Cc1ccc(O)cc1. The van der Waals surface area contributed by atoms with Crippen molar-refractivity contribution in [3.63, 3.8) is 0 Å². The summed E-state index contributed by atoms with van der Waals surface area (Å²) in [4.78, 5) is 24.2. The van der Waals surface area contributed by atoms with Crippen LogP contribution in [0.4, 0.5) is 0 Å². The van der Waals surface area contributed by atoms with Gasteiger partial charge < -0.3 is 15.1 Å². The summed E-state index contributed by atoms with van der Waals surface area (Å²) in [7, 11) is 0. The third-order valence-corrected chi connectivity index (χ3v) is 3.00. The van der Waals surface area contributed by atoms with Gasteiger partial charge in [-0.3, -0.25) is 0 Å². The molecule has 0 heterocycles. The molecule has 0 aliphatic rings. The first-order valence-electron chi connectivity index (χ1n) is 7.68. The molecule has 0 aliphatic heterocycles. The molecule has 0 fully saturated rings. The lowest BCUT2D eigenvalue weighted by molar-refractivity contribution is -0.131. The third-order valence-electron chi connectivity index (χ3n) is 3.00. The molecule has 1 rings (SSSR count). The Morgan fingerprint density at radius 3 is 2.43 bits per heavy atom. The molecule has 0 bridgehead atoms. The molecule has 6 nitrogen and oxygen atoms in total. The van der Waals surface area contributed by atoms with Gasteiger partial charge in [-0.05, 0) is 43.5 Å². The van der Waals surface area contributed by atoms with E-state index in [1.54, 1.807) is 12.1 Å². The van der Waals surface area contributed by atoms with Crippen LogP contribution in [0.1, 0.15) is 51.5 Å². The number of hydrogen-bond donors (Lipinski definition) is 2. The average Bonchev–Trinajstić information content (AvgIpc) is 2.52. The van der Waals surface area contributed by atoms with Crippen LogP contribution in [0.2, 0.25) is 0 Å². The normalized spacial score (nSPS) is 11.4. The zero-order valence-electron chi connectivity index (χ0n) is 13.6. The van der Waals surface area contributed by atoms with Crippen LogP contribution in [-0.2, 0) is 9.63 Å². The highest BCUT2D eigenvalue weighted by Gasteiger charge is 2.01. The smallest absolute Gasteiger partial charge is 0.328 e. The van der Waals surface area contributed by atoms with Crippen molar-refractivity contribution in [2.45, 2.75) is 52.1 Å². The van der Waals surface area contributed by atoms with E-state index in [4.69, 9.17) is 10.2 Å². The largest absolute Gasteiger partial charge is 0.508 e. The summed E-state index contributed by atoms with van der Waals surface area (Å²) in [5, 5.41) is 19.6. The Hall–Kier alpha value is -2.37. The van der Waals surface area contributed by atoms with E-state index >= 15 is 0 Å².